The van der Waals surface area contributed by atoms with Crippen LogP contribution in [0.25, 0.3) is 0 Å². The van der Waals surface area contributed by atoms with Crippen molar-refractivity contribution in [2.45, 2.75) is 20.1 Å². The fourth-order valence-electron chi connectivity index (χ4n) is 2.01. The quantitative estimate of drug-likeness (QED) is 0.801. The molecule has 2 rings (SSSR count). The Hall–Kier alpha value is -2.21. The van der Waals surface area contributed by atoms with Gasteiger partial charge in [0.2, 0.25) is 0 Å². The molecule has 118 valence electrons. The van der Waals surface area contributed by atoms with Crippen LogP contribution in [0, 0.1) is 17.5 Å². The van der Waals surface area contributed by atoms with Crippen LogP contribution in [0.1, 0.15) is 18.1 Å². The molecule has 2 aromatic rings. The van der Waals surface area contributed by atoms with Crippen LogP contribution in [0.15, 0.2) is 30.3 Å². The molecule has 0 amide bonds. The molecule has 0 saturated heterocycles. The number of aliphatic hydroxyl groups is 1. The van der Waals surface area contributed by atoms with Gasteiger partial charge in [-0.05, 0) is 31.2 Å². The van der Waals surface area contributed by atoms with E-state index in [1.807, 2.05) is 6.92 Å². The molecule has 6 heteroatoms. The summed E-state index contributed by atoms with van der Waals surface area (Å²) in [5.74, 6) is -2.57. The molecule has 22 heavy (non-hydrogen) atoms. The zero-order valence-electron chi connectivity index (χ0n) is 12.0. The Labute approximate surface area is 126 Å². The summed E-state index contributed by atoms with van der Waals surface area (Å²) in [6.07, 6.45) is 0. The summed E-state index contributed by atoms with van der Waals surface area (Å²) in [4.78, 5) is 0. The van der Waals surface area contributed by atoms with E-state index in [-0.39, 0.29) is 18.7 Å². The number of hydrogen-bond donors (Lipinski definition) is 2. The first-order chi connectivity index (χ1) is 10.5. The zero-order valence-corrected chi connectivity index (χ0v) is 12.0. The highest BCUT2D eigenvalue weighted by Gasteiger charge is 2.10. The van der Waals surface area contributed by atoms with Crippen molar-refractivity contribution >= 4 is 5.69 Å². The number of halogens is 3. The van der Waals surface area contributed by atoms with Crippen LogP contribution >= 0.6 is 0 Å². The van der Waals surface area contributed by atoms with Gasteiger partial charge in [0.15, 0.2) is 11.6 Å². The first-order valence-electron chi connectivity index (χ1n) is 6.79. The third kappa shape index (κ3) is 3.71. The number of anilines is 1. The molecule has 0 aromatic heterocycles. The normalized spacial score (nSPS) is 10.6. The average Bonchev–Trinajstić information content (AvgIpc) is 2.51. The van der Waals surface area contributed by atoms with Gasteiger partial charge in [-0.25, -0.2) is 13.2 Å². The minimum Gasteiger partial charge on any atom is -0.494 e. The van der Waals surface area contributed by atoms with Crippen LogP contribution in [-0.2, 0) is 13.2 Å². The van der Waals surface area contributed by atoms with Gasteiger partial charge in [-0.3, -0.25) is 0 Å². The number of rotatable bonds is 6. The highest BCUT2D eigenvalue weighted by molar-refractivity contribution is 5.51. The summed E-state index contributed by atoms with van der Waals surface area (Å²) in [6.45, 7) is 2.09. The van der Waals surface area contributed by atoms with E-state index in [1.165, 1.54) is 0 Å². The lowest BCUT2D eigenvalue weighted by Gasteiger charge is -2.12. The molecule has 0 bridgehead atoms. The van der Waals surface area contributed by atoms with E-state index in [2.05, 4.69) is 5.32 Å². The van der Waals surface area contributed by atoms with Gasteiger partial charge in [0.25, 0.3) is 0 Å². The largest absolute Gasteiger partial charge is 0.494 e. The van der Waals surface area contributed by atoms with Crippen molar-refractivity contribution < 1.29 is 23.0 Å². The minimum absolute atomic E-state index is 0.0120. The molecule has 0 saturated carbocycles. The van der Waals surface area contributed by atoms with Gasteiger partial charge in [-0.15, -0.1) is 0 Å². The van der Waals surface area contributed by atoms with Gasteiger partial charge >= 0.3 is 0 Å². The van der Waals surface area contributed by atoms with Gasteiger partial charge in [-0.2, -0.15) is 0 Å². The average molecular weight is 311 g/mol. The predicted molar refractivity (Wildman–Crippen MR) is 77.2 cm³/mol. The molecule has 0 aliphatic heterocycles. The van der Waals surface area contributed by atoms with E-state index < -0.39 is 17.5 Å². The van der Waals surface area contributed by atoms with E-state index in [4.69, 9.17) is 4.74 Å². The fraction of sp³-hybridized carbons (Fsp3) is 0.250. The molecular weight excluding hydrogens is 295 g/mol. The molecule has 0 radical (unpaired) electrons. The second-order valence-corrected chi connectivity index (χ2v) is 4.62. The van der Waals surface area contributed by atoms with E-state index in [9.17, 15) is 18.3 Å². The number of hydrogen-bond acceptors (Lipinski definition) is 3. The van der Waals surface area contributed by atoms with Crippen molar-refractivity contribution in [2.75, 3.05) is 11.9 Å². The molecule has 0 atom stereocenters. The first-order valence-corrected chi connectivity index (χ1v) is 6.79. The maximum Gasteiger partial charge on any atom is 0.161 e. The van der Waals surface area contributed by atoms with Gasteiger partial charge in [0.1, 0.15) is 11.6 Å². The van der Waals surface area contributed by atoms with Crippen molar-refractivity contribution in [1.29, 1.82) is 0 Å². The van der Waals surface area contributed by atoms with Crippen LogP contribution in [-0.4, -0.2) is 11.7 Å². The van der Waals surface area contributed by atoms with Crippen LogP contribution in [0.5, 0.6) is 5.75 Å². The standard InChI is InChI=1S/C16H16F3NO2/c1-2-22-16-4-3-12(5-11(16)9-21)20-8-10-6-14(18)15(19)7-13(10)17/h3-7,20-21H,2,8-9H2,1H3. The molecule has 0 fully saturated rings. The van der Waals surface area contributed by atoms with Crippen molar-refractivity contribution in [3.63, 3.8) is 0 Å². The Morgan fingerprint density at radius 3 is 2.41 bits per heavy atom. The molecule has 2 aromatic carbocycles. The van der Waals surface area contributed by atoms with E-state index >= 15 is 0 Å². The Bertz CT molecular complexity index is 662. The Kier molecular flexibility index (Phi) is 5.27. The topological polar surface area (TPSA) is 41.5 Å². The molecule has 0 heterocycles. The SMILES string of the molecule is CCOc1ccc(NCc2cc(F)c(F)cc2F)cc1CO. The fourth-order valence-corrected chi connectivity index (χ4v) is 2.01. The van der Waals surface area contributed by atoms with Gasteiger partial charge in [-0.1, -0.05) is 0 Å². The maximum absolute atomic E-state index is 13.5. The van der Waals surface area contributed by atoms with Crippen LogP contribution in [0.4, 0.5) is 18.9 Å². The van der Waals surface area contributed by atoms with Crippen molar-refractivity contribution in [1.82, 2.24) is 0 Å². The number of benzene rings is 2. The smallest absolute Gasteiger partial charge is 0.161 e. The third-order valence-electron chi connectivity index (χ3n) is 3.10. The summed E-state index contributed by atoms with van der Waals surface area (Å²) < 4.78 is 44.9. The summed E-state index contributed by atoms with van der Waals surface area (Å²) >= 11 is 0. The molecule has 0 aliphatic carbocycles. The van der Waals surface area contributed by atoms with Gasteiger partial charge < -0.3 is 15.2 Å². The van der Waals surface area contributed by atoms with Crippen LogP contribution < -0.4 is 10.1 Å². The monoisotopic (exact) mass is 311 g/mol. The van der Waals surface area contributed by atoms with E-state index in [0.29, 0.717) is 29.7 Å². The van der Waals surface area contributed by atoms with E-state index in [1.54, 1.807) is 18.2 Å². The highest BCUT2D eigenvalue weighted by atomic mass is 19.2. The van der Waals surface area contributed by atoms with Crippen LogP contribution in [0.3, 0.4) is 0 Å². The molecule has 0 spiro atoms. The Morgan fingerprint density at radius 1 is 1.00 bits per heavy atom. The maximum atomic E-state index is 13.5. The third-order valence-corrected chi connectivity index (χ3v) is 3.10. The molecular formula is C16H16F3NO2. The summed E-state index contributed by atoms with van der Waals surface area (Å²) in [5, 5.41) is 12.2. The number of ether oxygens (including phenoxy) is 1. The first kappa shape index (κ1) is 16.2. The number of aliphatic hydroxyl groups excluding tert-OH is 1. The molecule has 0 unspecified atom stereocenters. The predicted octanol–water partition coefficient (Wildman–Crippen LogP) is 3.61. The molecule has 0 aliphatic rings. The lowest BCUT2D eigenvalue weighted by molar-refractivity contribution is 0.267. The van der Waals surface area contributed by atoms with Crippen molar-refractivity contribution in [2.24, 2.45) is 0 Å². The Balaban J connectivity index is 2.13. The van der Waals surface area contributed by atoms with Crippen LogP contribution in [0.2, 0.25) is 0 Å². The van der Waals surface area contributed by atoms with Gasteiger partial charge in [0, 0.05) is 29.4 Å². The van der Waals surface area contributed by atoms with Gasteiger partial charge in [0.05, 0.1) is 13.2 Å². The molecule has 3 nitrogen and oxygen atoms in total. The highest BCUT2D eigenvalue weighted by Crippen LogP contribution is 2.24. The summed E-state index contributed by atoms with van der Waals surface area (Å²) in [5.41, 5.74) is 1.20. The lowest BCUT2D eigenvalue weighted by Crippen LogP contribution is -2.05. The van der Waals surface area contributed by atoms with Crippen molar-refractivity contribution in [3.05, 3.63) is 58.9 Å². The second kappa shape index (κ2) is 7.17. The van der Waals surface area contributed by atoms with E-state index in [0.717, 1.165) is 6.07 Å². The summed E-state index contributed by atoms with van der Waals surface area (Å²) in [6, 6.07) is 6.37. The summed E-state index contributed by atoms with van der Waals surface area (Å²) in [7, 11) is 0. The zero-order chi connectivity index (χ0) is 16.1. The van der Waals surface area contributed by atoms with Crippen molar-refractivity contribution in [3.8, 4) is 5.75 Å². The molecule has 2 N–H and O–H groups in total. The lowest BCUT2D eigenvalue weighted by atomic mass is 10.1. The Morgan fingerprint density at radius 2 is 1.73 bits per heavy atom. The number of nitrogens with one attached hydrogen (secondary N) is 1. The minimum atomic E-state index is -1.22. The second-order valence-electron chi connectivity index (χ2n) is 4.62.